The van der Waals surface area contributed by atoms with Gasteiger partial charge in [0.1, 0.15) is 5.75 Å². The Kier molecular flexibility index (Phi) is 3.29. The maximum absolute atomic E-state index is 8.60. The molecule has 0 atom stereocenters. The van der Waals surface area contributed by atoms with Crippen molar-refractivity contribution in [3.05, 3.63) is 18.2 Å². The molecule has 0 saturated heterocycles. The Morgan fingerprint density at radius 1 is 1.20 bits per heavy atom. The van der Waals surface area contributed by atoms with Crippen LogP contribution in [0, 0.1) is 0 Å². The zero-order valence-electron chi connectivity index (χ0n) is 8.44. The zero-order chi connectivity index (χ0) is 10.5. The average Bonchev–Trinajstić information content (AvgIpc) is 2.71. The zero-order valence-corrected chi connectivity index (χ0v) is 8.44. The summed E-state index contributed by atoms with van der Waals surface area (Å²) in [5.41, 5.74) is 0. The third-order valence-electron chi connectivity index (χ3n) is 2.17. The molecule has 1 N–H and O–H groups in total. The van der Waals surface area contributed by atoms with Crippen LogP contribution in [0.2, 0.25) is 0 Å². The molecule has 0 bridgehead atoms. The Labute approximate surface area is 88.4 Å². The van der Waals surface area contributed by atoms with Crippen molar-refractivity contribution in [1.82, 2.24) is 0 Å². The molecular formula is C11H14O4. The Morgan fingerprint density at radius 3 is 2.93 bits per heavy atom. The molecule has 0 aliphatic carbocycles. The summed E-state index contributed by atoms with van der Waals surface area (Å²) in [5.74, 6) is 2.27. The van der Waals surface area contributed by atoms with Gasteiger partial charge in [0.2, 0.25) is 6.79 Å². The van der Waals surface area contributed by atoms with E-state index in [1.165, 1.54) is 0 Å². The largest absolute Gasteiger partial charge is 0.493 e. The van der Waals surface area contributed by atoms with E-state index in [-0.39, 0.29) is 13.4 Å². The molecule has 0 spiro atoms. The predicted molar refractivity (Wildman–Crippen MR) is 54.4 cm³/mol. The quantitative estimate of drug-likeness (QED) is 0.749. The van der Waals surface area contributed by atoms with E-state index in [0.29, 0.717) is 6.61 Å². The number of ether oxygens (including phenoxy) is 3. The maximum Gasteiger partial charge on any atom is 0.231 e. The lowest BCUT2D eigenvalue weighted by atomic mass is 10.3. The van der Waals surface area contributed by atoms with Crippen molar-refractivity contribution in [2.45, 2.75) is 12.8 Å². The van der Waals surface area contributed by atoms with E-state index in [2.05, 4.69) is 0 Å². The predicted octanol–water partition coefficient (Wildman–Crippen LogP) is 1.57. The standard InChI is InChI=1S/C11H14O4/c12-5-1-2-6-13-9-3-4-10-11(7-9)15-8-14-10/h3-4,7,12H,1-2,5-6,8H2. The van der Waals surface area contributed by atoms with E-state index >= 15 is 0 Å². The van der Waals surface area contributed by atoms with Crippen molar-refractivity contribution in [2.24, 2.45) is 0 Å². The van der Waals surface area contributed by atoms with E-state index in [0.717, 1.165) is 30.1 Å². The Balaban J connectivity index is 1.87. The minimum absolute atomic E-state index is 0.213. The second-order valence-corrected chi connectivity index (χ2v) is 3.29. The number of aliphatic hydroxyl groups is 1. The van der Waals surface area contributed by atoms with Gasteiger partial charge >= 0.3 is 0 Å². The minimum Gasteiger partial charge on any atom is -0.493 e. The average molecular weight is 210 g/mol. The van der Waals surface area contributed by atoms with Crippen LogP contribution >= 0.6 is 0 Å². The molecule has 0 amide bonds. The van der Waals surface area contributed by atoms with Crippen LogP contribution < -0.4 is 14.2 Å². The molecule has 0 radical (unpaired) electrons. The highest BCUT2D eigenvalue weighted by molar-refractivity contribution is 5.46. The number of hydrogen-bond donors (Lipinski definition) is 1. The van der Waals surface area contributed by atoms with Crippen LogP contribution in [0.5, 0.6) is 17.2 Å². The maximum atomic E-state index is 8.60. The second-order valence-electron chi connectivity index (χ2n) is 3.29. The number of benzene rings is 1. The molecule has 2 rings (SSSR count). The molecule has 0 saturated carbocycles. The lowest BCUT2D eigenvalue weighted by Gasteiger charge is -2.05. The summed E-state index contributed by atoms with van der Waals surface area (Å²) < 4.78 is 15.9. The summed E-state index contributed by atoms with van der Waals surface area (Å²) in [6.45, 7) is 1.11. The van der Waals surface area contributed by atoms with Crippen LogP contribution in [0.4, 0.5) is 0 Å². The summed E-state index contributed by atoms with van der Waals surface area (Å²) in [5, 5.41) is 8.60. The van der Waals surface area contributed by atoms with E-state index < -0.39 is 0 Å². The fourth-order valence-electron chi connectivity index (χ4n) is 1.37. The van der Waals surface area contributed by atoms with Crippen molar-refractivity contribution >= 4 is 0 Å². The number of unbranched alkanes of at least 4 members (excludes halogenated alkanes) is 1. The Hall–Kier alpha value is -1.42. The molecule has 1 aromatic carbocycles. The van der Waals surface area contributed by atoms with Gasteiger partial charge in [-0.25, -0.2) is 0 Å². The molecule has 1 aliphatic rings. The Morgan fingerprint density at radius 2 is 2.07 bits per heavy atom. The van der Waals surface area contributed by atoms with Gasteiger partial charge in [0.15, 0.2) is 11.5 Å². The molecule has 82 valence electrons. The van der Waals surface area contributed by atoms with Crippen molar-refractivity contribution < 1.29 is 19.3 Å². The number of fused-ring (bicyclic) bond motifs is 1. The van der Waals surface area contributed by atoms with Crippen molar-refractivity contribution in [1.29, 1.82) is 0 Å². The molecule has 4 heteroatoms. The summed E-state index contributed by atoms with van der Waals surface area (Å²) >= 11 is 0. The van der Waals surface area contributed by atoms with Crippen molar-refractivity contribution in [3.8, 4) is 17.2 Å². The van der Waals surface area contributed by atoms with Gasteiger partial charge in [-0.05, 0) is 25.0 Å². The summed E-state index contributed by atoms with van der Waals surface area (Å²) in [7, 11) is 0. The molecule has 1 heterocycles. The first-order valence-corrected chi connectivity index (χ1v) is 5.03. The first-order valence-electron chi connectivity index (χ1n) is 5.03. The SMILES string of the molecule is OCCCCOc1ccc2c(c1)OCO2. The van der Waals surface area contributed by atoms with Crippen molar-refractivity contribution in [2.75, 3.05) is 20.0 Å². The lowest BCUT2D eigenvalue weighted by Crippen LogP contribution is -1.98. The molecular weight excluding hydrogens is 196 g/mol. The minimum atomic E-state index is 0.213. The first kappa shape index (κ1) is 10.1. The van der Waals surface area contributed by atoms with E-state index in [4.69, 9.17) is 19.3 Å². The van der Waals surface area contributed by atoms with Gasteiger partial charge in [-0.3, -0.25) is 0 Å². The van der Waals surface area contributed by atoms with Crippen LogP contribution in [-0.2, 0) is 0 Å². The van der Waals surface area contributed by atoms with Gasteiger partial charge in [0, 0.05) is 12.7 Å². The smallest absolute Gasteiger partial charge is 0.231 e. The Bertz CT molecular complexity index is 324. The van der Waals surface area contributed by atoms with E-state index in [1.807, 2.05) is 18.2 Å². The second kappa shape index (κ2) is 4.89. The summed E-state index contributed by atoms with van der Waals surface area (Å²) in [4.78, 5) is 0. The van der Waals surface area contributed by atoms with Gasteiger partial charge < -0.3 is 19.3 Å². The van der Waals surface area contributed by atoms with Gasteiger partial charge in [0.05, 0.1) is 6.61 Å². The first-order chi connectivity index (χ1) is 7.40. The van der Waals surface area contributed by atoms with Gasteiger partial charge in [0.25, 0.3) is 0 Å². The highest BCUT2D eigenvalue weighted by atomic mass is 16.7. The van der Waals surface area contributed by atoms with Crippen LogP contribution in [-0.4, -0.2) is 25.1 Å². The van der Waals surface area contributed by atoms with Crippen LogP contribution in [0.3, 0.4) is 0 Å². The number of aliphatic hydroxyl groups excluding tert-OH is 1. The van der Waals surface area contributed by atoms with Gasteiger partial charge in [-0.2, -0.15) is 0 Å². The molecule has 15 heavy (non-hydrogen) atoms. The summed E-state index contributed by atoms with van der Waals surface area (Å²) in [6, 6.07) is 5.51. The number of rotatable bonds is 5. The van der Waals surface area contributed by atoms with Crippen molar-refractivity contribution in [3.63, 3.8) is 0 Å². The molecule has 1 aliphatic heterocycles. The molecule has 4 nitrogen and oxygen atoms in total. The topological polar surface area (TPSA) is 47.9 Å². The monoisotopic (exact) mass is 210 g/mol. The fourth-order valence-corrected chi connectivity index (χ4v) is 1.37. The molecule has 1 aromatic rings. The van der Waals surface area contributed by atoms with E-state index in [9.17, 15) is 0 Å². The number of hydrogen-bond acceptors (Lipinski definition) is 4. The summed E-state index contributed by atoms with van der Waals surface area (Å²) in [6.07, 6.45) is 1.62. The highest BCUT2D eigenvalue weighted by Gasteiger charge is 2.13. The van der Waals surface area contributed by atoms with E-state index in [1.54, 1.807) is 0 Å². The molecule has 0 fully saturated rings. The van der Waals surface area contributed by atoms with Crippen LogP contribution in [0.15, 0.2) is 18.2 Å². The molecule has 0 unspecified atom stereocenters. The third kappa shape index (κ3) is 2.53. The third-order valence-corrected chi connectivity index (χ3v) is 2.17. The highest BCUT2D eigenvalue weighted by Crippen LogP contribution is 2.35. The van der Waals surface area contributed by atoms with Crippen LogP contribution in [0.25, 0.3) is 0 Å². The normalized spacial score (nSPS) is 12.9. The lowest BCUT2D eigenvalue weighted by molar-refractivity contribution is 0.173. The van der Waals surface area contributed by atoms with Gasteiger partial charge in [-0.15, -0.1) is 0 Å². The fraction of sp³-hybridized carbons (Fsp3) is 0.455. The van der Waals surface area contributed by atoms with Gasteiger partial charge in [-0.1, -0.05) is 0 Å². The molecule has 0 aromatic heterocycles. The van der Waals surface area contributed by atoms with Crippen LogP contribution in [0.1, 0.15) is 12.8 Å².